The molecular formula is C18H29BrIN5O3. The van der Waals surface area contributed by atoms with Crippen LogP contribution >= 0.6 is 39.9 Å². The Hall–Kier alpha value is -1.56. The van der Waals surface area contributed by atoms with Gasteiger partial charge in [0.15, 0.2) is 5.96 Å². The Kier molecular flexibility index (Phi) is 12.8. The molecule has 4 N–H and O–H groups in total. The van der Waals surface area contributed by atoms with Crippen LogP contribution in [0.5, 0.6) is 0 Å². The summed E-state index contributed by atoms with van der Waals surface area (Å²) in [5, 5.41) is 11.6. The lowest BCUT2D eigenvalue weighted by molar-refractivity contribution is -0.116. The fourth-order valence-electron chi connectivity index (χ4n) is 1.93. The molecule has 0 atom stereocenters. The highest BCUT2D eigenvalue weighted by molar-refractivity contribution is 14.0. The molecule has 0 bridgehead atoms. The van der Waals surface area contributed by atoms with Crippen molar-refractivity contribution in [1.82, 2.24) is 16.0 Å². The van der Waals surface area contributed by atoms with Gasteiger partial charge in [-0.25, -0.2) is 4.79 Å². The van der Waals surface area contributed by atoms with Crippen LogP contribution in [0.1, 0.15) is 27.2 Å². The first-order valence-electron chi connectivity index (χ1n) is 8.66. The summed E-state index contributed by atoms with van der Waals surface area (Å²) in [7, 11) is 1.64. The molecule has 158 valence electrons. The second-order valence-corrected chi connectivity index (χ2v) is 7.58. The summed E-state index contributed by atoms with van der Waals surface area (Å²) in [6.45, 7) is 6.72. The fraction of sp³-hybridized carbons (Fsp3) is 0.500. The molecule has 0 saturated heterocycles. The van der Waals surface area contributed by atoms with Crippen molar-refractivity contribution in [3.05, 3.63) is 28.7 Å². The molecule has 0 aliphatic carbocycles. The predicted molar refractivity (Wildman–Crippen MR) is 126 cm³/mol. The SMILES string of the molecule is CN=C(NCCNC(=O)OC(C)(C)C)NCCC(=O)Nc1ccc(Br)cc1.I. The molecular weight excluding hydrogens is 541 g/mol. The molecule has 10 heteroatoms. The molecule has 1 aromatic carbocycles. The van der Waals surface area contributed by atoms with Gasteiger partial charge in [0.05, 0.1) is 0 Å². The first-order chi connectivity index (χ1) is 12.7. The van der Waals surface area contributed by atoms with E-state index in [-0.39, 0.29) is 29.9 Å². The van der Waals surface area contributed by atoms with Gasteiger partial charge in [-0.1, -0.05) is 15.9 Å². The van der Waals surface area contributed by atoms with Gasteiger partial charge < -0.3 is 26.0 Å². The van der Waals surface area contributed by atoms with E-state index in [2.05, 4.69) is 42.2 Å². The normalized spacial score (nSPS) is 11.1. The minimum atomic E-state index is -0.522. The molecule has 0 aliphatic rings. The number of hydrogen-bond acceptors (Lipinski definition) is 4. The number of aliphatic imine (C=N–C) groups is 1. The van der Waals surface area contributed by atoms with Gasteiger partial charge in [0.2, 0.25) is 5.91 Å². The maximum absolute atomic E-state index is 11.9. The number of amides is 2. The van der Waals surface area contributed by atoms with Gasteiger partial charge in [-0.15, -0.1) is 24.0 Å². The van der Waals surface area contributed by atoms with Gasteiger partial charge in [-0.05, 0) is 45.0 Å². The predicted octanol–water partition coefficient (Wildman–Crippen LogP) is 3.09. The largest absolute Gasteiger partial charge is 0.444 e. The Labute approximate surface area is 191 Å². The molecule has 0 aromatic heterocycles. The van der Waals surface area contributed by atoms with Crippen LogP contribution in [0, 0.1) is 0 Å². The topological polar surface area (TPSA) is 104 Å². The molecule has 8 nitrogen and oxygen atoms in total. The fourth-order valence-corrected chi connectivity index (χ4v) is 2.20. The Balaban J connectivity index is 0.00000729. The summed E-state index contributed by atoms with van der Waals surface area (Å²) < 4.78 is 6.10. The van der Waals surface area contributed by atoms with Crippen molar-refractivity contribution in [2.45, 2.75) is 32.8 Å². The van der Waals surface area contributed by atoms with Crippen LogP contribution < -0.4 is 21.3 Å². The minimum Gasteiger partial charge on any atom is -0.444 e. The number of guanidine groups is 1. The Morgan fingerprint density at radius 3 is 2.18 bits per heavy atom. The van der Waals surface area contributed by atoms with Gasteiger partial charge in [0, 0.05) is 43.3 Å². The monoisotopic (exact) mass is 569 g/mol. The summed E-state index contributed by atoms with van der Waals surface area (Å²) in [6.07, 6.45) is -0.163. The van der Waals surface area contributed by atoms with Crippen molar-refractivity contribution < 1.29 is 14.3 Å². The third-order valence-corrected chi connectivity index (χ3v) is 3.61. The standard InChI is InChI=1S/C18H28BrN5O3.HI/c1-18(2,3)27-17(26)23-12-11-22-16(20-4)21-10-9-15(25)24-14-7-5-13(19)6-8-14;/h5-8H,9-12H2,1-4H3,(H,23,26)(H,24,25)(H2,20,21,22);1H. The van der Waals surface area contributed by atoms with Crippen molar-refractivity contribution in [1.29, 1.82) is 0 Å². The van der Waals surface area contributed by atoms with E-state index in [1.807, 2.05) is 45.0 Å². The van der Waals surface area contributed by atoms with Gasteiger partial charge in [0.1, 0.15) is 5.60 Å². The quantitative estimate of drug-likeness (QED) is 0.175. The first kappa shape index (κ1) is 26.4. The van der Waals surface area contributed by atoms with E-state index in [0.29, 0.717) is 32.0 Å². The molecule has 0 radical (unpaired) electrons. The molecule has 0 heterocycles. The summed E-state index contributed by atoms with van der Waals surface area (Å²) in [6, 6.07) is 7.39. The van der Waals surface area contributed by atoms with E-state index in [1.54, 1.807) is 7.05 Å². The highest BCUT2D eigenvalue weighted by Crippen LogP contribution is 2.14. The molecule has 0 aliphatic heterocycles. The van der Waals surface area contributed by atoms with Crippen LogP contribution in [0.25, 0.3) is 0 Å². The molecule has 0 unspecified atom stereocenters. The Morgan fingerprint density at radius 1 is 1.04 bits per heavy atom. The van der Waals surface area contributed by atoms with Gasteiger partial charge in [0.25, 0.3) is 0 Å². The minimum absolute atomic E-state index is 0. The maximum Gasteiger partial charge on any atom is 0.407 e. The van der Waals surface area contributed by atoms with Crippen molar-refractivity contribution in [3.63, 3.8) is 0 Å². The molecule has 0 saturated carbocycles. The van der Waals surface area contributed by atoms with E-state index in [9.17, 15) is 9.59 Å². The lowest BCUT2D eigenvalue weighted by atomic mass is 10.2. The third kappa shape index (κ3) is 12.8. The molecule has 0 spiro atoms. The van der Waals surface area contributed by atoms with E-state index in [4.69, 9.17) is 4.74 Å². The van der Waals surface area contributed by atoms with Crippen molar-refractivity contribution >= 4 is 63.6 Å². The average Bonchev–Trinajstić information content (AvgIpc) is 2.57. The summed E-state index contributed by atoms with van der Waals surface area (Å²) in [5.41, 5.74) is 0.227. The van der Waals surface area contributed by atoms with Crippen LogP contribution in [-0.2, 0) is 9.53 Å². The Bertz CT molecular complexity index is 648. The molecule has 1 aromatic rings. The number of anilines is 1. The van der Waals surface area contributed by atoms with Crippen LogP contribution in [0.15, 0.2) is 33.7 Å². The van der Waals surface area contributed by atoms with E-state index < -0.39 is 11.7 Å². The number of rotatable bonds is 7. The van der Waals surface area contributed by atoms with Crippen LogP contribution in [-0.4, -0.2) is 50.2 Å². The molecule has 28 heavy (non-hydrogen) atoms. The average molecular weight is 570 g/mol. The number of carbonyl (C=O) groups excluding carboxylic acids is 2. The van der Waals surface area contributed by atoms with Crippen molar-refractivity contribution in [3.8, 4) is 0 Å². The van der Waals surface area contributed by atoms with Gasteiger partial charge in [-0.2, -0.15) is 0 Å². The smallest absolute Gasteiger partial charge is 0.407 e. The molecule has 0 fully saturated rings. The van der Waals surface area contributed by atoms with Crippen molar-refractivity contribution in [2.75, 3.05) is 32.0 Å². The number of nitrogens with zero attached hydrogens (tertiary/aromatic N) is 1. The van der Waals surface area contributed by atoms with Crippen LogP contribution in [0.4, 0.5) is 10.5 Å². The number of carbonyl (C=O) groups is 2. The number of halogens is 2. The zero-order valence-corrected chi connectivity index (χ0v) is 20.5. The van der Waals surface area contributed by atoms with Gasteiger partial charge >= 0.3 is 6.09 Å². The van der Waals surface area contributed by atoms with E-state index in [0.717, 1.165) is 10.2 Å². The number of alkyl carbamates (subject to hydrolysis) is 1. The van der Waals surface area contributed by atoms with Crippen molar-refractivity contribution in [2.24, 2.45) is 4.99 Å². The summed E-state index contributed by atoms with van der Waals surface area (Å²) in [4.78, 5) is 27.5. The summed E-state index contributed by atoms with van der Waals surface area (Å²) >= 11 is 3.35. The maximum atomic E-state index is 11.9. The number of benzene rings is 1. The van der Waals surface area contributed by atoms with E-state index >= 15 is 0 Å². The van der Waals surface area contributed by atoms with Crippen LogP contribution in [0.2, 0.25) is 0 Å². The number of nitrogens with one attached hydrogen (secondary N) is 4. The first-order valence-corrected chi connectivity index (χ1v) is 9.45. The Morgan fingerprint density at radius 2 is 1.61 bits per heavy atom. The number of ether oxygens (including phenoxy) is 1. The molecule has 2 amide bonds. The third-order valence-electron chi connectivity index (χ3n) is 3.08. The summed E-state index contributed by atoms with van der Waals surface area (Å²) in [5.74, 6) is 0.462. The van der Waals surface area contributed by atoms with E-state index in [1.165, 1.54) is 0 Å². The zero-order valence-electron chi connectivity index (χ0n) is 16.6. The second kappa shape index (κ2) is 13.6. The zero-order chi connectivity index (χ0) is 20.3. The van der Waals surface area contributed by atoms with Crippen LogP contribution in [0.3, 0.4) is 0 Å². The lowest BCUT2D eigenvalue weighted by Gasteiger charge is -2.19. The number of hydrogen-bond donors (Lipinski definition) is 4. The van der Waals surface area contributed by atoms with Gasteiger partial charge in [-0.3, -0.25) is 9.79 Å². The second-order valence-electron chi connectivity index (χ2n) is 6.66. The highest BCUT2D eigenvalue weighted by atomic mass is 127. The molecule has 1 rings (SSSR count). The lowest BCUT2D eigenvalue weighted by Crippen LogP contribution is -2.43. The highest BCUT2D eigenvalue weighted by Gasteiger charge is 2.15.